The number of nitrogens with one attached hydrogen (secondary N) is 2. The predicted molar refractivity (Wildman–Crippen MR) is 102 cm³/mol. The number of aryl methyl sites for hydroxylation is 1. The van der Waals surface area contributed by atoms with Crippen LogP contribution in [-0.2, 0) is 0 Å². The Hall–Kier alpha value is -2.70. The van der Waals surface area contributed by atoms with Crippen molar-refractivity contribution in [3.8, 4) is 17.1 Å². The first-order valence-electron chi connectivity index (χ1n) is 8.81. The fraction of sp³-hybridized carbons (Fsp3) is 0.300. The molecule has 2 heterocycles. The smallest absolute Gasteiger partial charge is 0.165 e. The fourth-order valence-electron chi connectivity index (χ4n) is 3.40. The van der Waals surface area contributed by atoms with Gasteiger partial charge in [0.15, 0.2) is 5.82 Å². The lowest BCUT2D eigenvalue weighted by Crippen LogP contribution is -2.25. The molecule has 2 atom stereocenters. The van der Waals surface area contributed by atoms with Gasteiger partial charge >= 0.3 is 0 Å². The Balaban J connectivity index is 1.77. The number of fused-ring (bicyclic) bond motifs is 1. The van der Waals surface area contributed by atoms with Crippen molar-refractivity contribution in [3.63, 3.8) is 0 Å². The average molecular weight is 350 g/mol. The molecule has 0 spiro atoms. The van der Waals surface area contributed by atoms with E-state index in [9.17, 15) is 10.2 Å². The summed E-state index contributed by atoms with van der Waals surface area (Å²) in [6.07, 6.45) is 0.833. The second-order valence-electron chi connectivity index (χ2n) is 6.80. The zero-order chi connectivity index (χ0) is 18.1. The number of hydrogen-bond acceptors (Lipinski definition) is 6. The summed E-state index contributed by atoms with van der Waals surface area (Å²) in [5, 5.41) is 27.3. The van der Waals surface area contributed by atoms with Crippen LogP contribution in [0.4, 0.5) is 5.82 Å². The second-order valence-corrected chi connectivity index (χ2v) is 6.80. The maximum absolute atomic E-state index is 10.3. The zero-order valence-corrected chi connectivity index (χ0v) is 14.6. The van der Waals surface area contributed by atoms with Crippen molar-refractivity contribution in [1.82, 2.24) is 15.3 Å². The zero-order valence-electron chi connectivity index (χ0n) is 14.6. The third-order valence-corrected chi connectivity index (χ3v) is 4.78. The fourth-order valence-corrected chi connectivity index (χ4v) is 3.40. The first kappa shape index (κ1) is 16.8. The molecule has 4 N–H and O–H groups in total. The molecule has 26 heavy (non-hydrogen) atoms. The maximum atomic E-state index is 10.3. The number of phenols is 1. The summed E-state index contributed by atoms with van der Waals surface area (Å²) in [7, 11) is 0. The second kappa shape index (κ2) is 6.90. The Morgan fingerprint density at radius 1 is 1.19 bits per heavy atom. The Morgan fingerprint density at radius 2 is 2.04 bits per heavy atom. The van der Waals surface area contributed by atoms with Crippen LogP contribution in [0, 0.1) is 6.92 Å². The quantitative estimate of drug-likeness (QED) is 0.578. The molecule has 6 heteroatoms. The number of aliphatic hydroxyl groups excluding tert-OH is 1. The normalized spacial score (nSPS) is 19.8. The molecule has 0 radical (unpaired) electrons. The van der Waals surface area contributed by atoms with Crippen LogP contribution in [-0.4, -0.2) is 45.4 Å². The summed E-state index contributed by atoms with van der Waals surface area (Å²) < 4.78 is 0. The van der Waals surface area contributed by atoms with Crippen LogP contribution in [0.3, 0.4) is 0 Å². The van der Waals surface area contributed by atoms with Gasteiger partial charge in [0.2, 0.25) is 0 Å². The highest BCUT2D eigenvalue weighted by atomic mass is 16.3. The third kappa shape index (κ3) is 3.21. The largest absolute Gasteiger partial charge is 0.507 e. The number of benzene rings is 2. The van der Waals surface area contributed by atoms with E-state index >= 15 is 0 Å². The Labute approximate surface area is 151 Å². The van der Waals surface area contributed by atoms with E-state index in [4.69, 9.17) is 4.98 Å². The van der Waals surface area contributed by atoms with Crippen LogP contribution in [0.2, 0.25) is 0 Å². The average Bonchev–Trinajstić information content (AvgIpc) is 3.11. The van der Waals surface area contributed by atoms with Crippen molar-refractivity contribution in [2.24, 2.45) is 0 Å². The van der Waals surface area contributed by atoms with E-state index in [0.29, 0.717) is 11.4 Å². The van der Waals surface area contributed by atoms with Crippen molar-refractivity contribution in [2.45, 2.75) is 25.4 Å². The van der Waals surface area contributed by atoms with Crippen LogP contribution in [0.5, 0.6) is 5.75 Å². The summed E-state index contributed by atoms with van der Waals surface area (Å²) in [6.45, 7) is 2.88. The molecule has 0 unspecified atom stereocenters. The van der Waals surface area contributed by atoms with E-state index in [0.717, 1.165) is 35.2 Å². The molecule has 1 fully saturated rings. The number of rotatable bonds is 4. The molecule has 134 valence electrons. The number of aromatic nitrogens is 2. The molecule has 2 aromatic carbocycles. The lowest BCUT2D eigenvalue weighted by atomic mass is 10.1. The molecule has 1 aliphatic heterocycles. The number of aromatic hydroxyl groups is 1. The van der Waals surface area contributed by atoms with Gasteiger partial charge in [-0.15, -0.1) is 0 Å². The molecule has 1 saturated heterocycles. The highest BCUT2D eigenvalue weighted by Gasteiger charge is 2.24. The van der Waals surface area contributed by atoms with Crippen molar-refractivity contribution in [3.05, 3.63) is 48.0 Å². The van der Waals surface area contributed by atoms with E-state index in [1.807, 2.05) is 43.3 Å². The van der Waals surface area contributed by atoms with E-state index in [-0.39, 0.29) is 24.4 Å². The summed E-state index contributed by atoms with van der Waals surface area (Å²) in [5.74, 6) is 1.41. The molecule has 3 aromatic rings. The molecule has 0 saturated carbocycles. The summed E-state index contributed by atoms with van der Waals surface area (Å²) >= 11 is 0. The molecule has 0 amide bonds. The van der Waals surface area contributed by atoms with Gasteiger partial charge in [0, 0.05) is 24.0 Å². The minimum Gasteiger partial charge on any atom is -0.507 e. The molecular formula is C20H22N4O2. The van der Waals surface area contributed by atoms with Crippen molar-refractivity contribution >= 4 is 16.7 Å². The van der Waals surface area contributed by atoms with Gasteiger partial charge in [-0.25, -0.2) is 9.97 Å². The monoisotopic (exact) mass is 350 g/mol. The van der Waals surface area contributed by atoms with Crippen LogP contribution >= 0.6 is 0 Å². The molecule has 1 aliphatic rings. The summed E-state index contributed by atoms with van der Waals surface area (Å²) in [6, 6.07) is 13.6. The van der Waals surface area contributed by atoms with Crippen LogP contribution < -0.4 is 10.6 Å². The van der Waals surface area contributed by atoms with Gasteiger partial charge in [-0.05, 0) is 37.6 Å². The highest BCUT2D eigenvalue weighted by Crippen LogP contribution is 2.31. The topological polar surface area (TPSA) is 90.3 Å². The number of phenolic OH excluding ortho intramolecular Hbond substituents is 1. The third-order valence-electron chi connectivity index (χ3n) is 4.78. The number of hydrogen-bond donors (Lipinski definition) is 4. The van der Waals surface area contributed by atoms with E-state index in [2.05, 4.69) is 15.6 Å². The van der Waals surface area contributed by atoms with Crippen LogP contribution in [0.25, 0.3) is 22.3 Å². The Bertz CT molecular complexity index is 944. The van der Waals surface area contributed by atoms with Gasteiger partial charge in [-0.2, -0.15) is 0 Å². The molecule has 6 nitrogen and oxygen atoms in total. The molecule has 0 aliphatic carbocycles. The SMILES string of the molecule is Cc1ccc(O)c(-c2nc(N[C@@H]3CN[C@@H](CO)C3)c3ccccc3n2)c1. The van der Waals surface area contributed by atoms with Crippen LogP contribution in [0.15, 0.2) is 42.5 Å². The van der Waals surface area contributed by atoms with Gasteiger partial charge in [0.25, 0.3) is 0 Å². The molecular weight excluding hydrogens is 328 g/mol. The van der Waals surface area contributed by atoms with E-state index in [1.165, 1.54) is 0 Å². The molecule has 4 rings (SSSR count). The number of nitrogens with zero attached hydrogens (tertiary/aromatic N) is 2. The standard InChI is InChI=1S/C20H22N4O2/c1-12-6-7-18(26)16(8-12)20-23-17-5-3-2-4-15(17)19(24-20)22-13-9-14(11-25)21-10-13/h2-8,13-14,21,25-26H,9-11H2,1H3,(H,22,23,24)/t13-,14+/m0/s1. The maximum Gasteiger partial charge on any atom is 0.165 e. The van der Waals surface area contributed by atoms with Gasteiger partial charge in [-0.1, -0.05) is 23.8 Å². The minimum atomic E-state index is 0.112. The van der Waals surface area contributed by atoms with Crippen molar-refractivity contribution in [1.29, 1.82) is 0 Å². The Morgan fingerprint density at radius 3 is 2.85 bits per heavy atom. The van der Waals surface area contributed by atoms with Gasteiger partial charge in [0.05, 0.1) is 17.7 Å². The number of aliphatic hydroxyl groups is 1. The van der Waals surface area contributed by atoms with Crippen LogP contribution in [0.1, 0.15) is 12.0 Å². The number of anilines is 1. The van der Waals surface area contributed by atoms with Gasteiger partial charge < -0.3 is 20.8 Å². The summed E-state index contributed by atoms with van der Waals surface area (Å²) in [4.78, 5) is 9.36. The van der Waals surface area contributed by atoms with Gasteiger partial charge in [-0.3, -0.25) is 0 Å². The molecule has 0 bridgehead atoms. The lowest BCUT2D eigenvalue weighted by molar-refractivity contribution is 0.254. The first-order chi connectivity index (χ1) is 12.6. The highest BCUT2D eigenvalue weighted by molar-refractivity contribution is 5.91. The van der Waals surface area contributed by atoms with Crippen molar-refractivity contribution in [2.75, 3.05) is 18.5 Å². The predicted octanol–water partition coefficient (Wildman–Crippen LogP) is 2.45. The Kier molecular flexibility index (Phi) is 4.44. The van der Waals surface area contributed by atoms with E-state index in [1.54, 1.807) is 6.07 Å². The van der Waals surface area contributed by atoms with E-state index < -0.39 is 0 Å². The van der Waals surface area contributed by atoms with Gasteiger partial charge in [0.1, 0.15) is 11.6 Å². The van der Waals surface area contributed by atoms with Crippen molar-refractivity contribution < 1.29 is 10.2 Å². The summed E-state index contributed by atoms with van der Waals surface area (Å²) in [5.41, 5.74) is 2.48. The molecule has 1 aromatic heterocycles. The lowest BCUT2D eigenvalue weighted by Gasteiger charge is -2.16. The first-order valence-corrected chi connectivity index (χ1v) is 8.81. The minimum absolute atomic E-state index is 0.112. The number of para-hydroxylation sites is 1.